The highest BCUT2D eigenvalue weighted by Crippen LogP contribution is 2.14. The number of benzene rings is 1. The molecule has 0 radical (unpaired) electrons. The molecule has 0 spiro atoms. The Morgan fingerprint density at radius 1 is 1.07 bits per heavy atom. The maximum absolute atomic E-state index is 12.0. The molecular formula is C17H20N4O7S. The maximum atomic E-state index is 12.0. The summed E-state index contributed by atoms with van der Waals surface area (Å²) >= 11 is 0. The molecule has 1 N–H and O–H groups in total. The first kappa shape index (κ1) is 22.0. The second-order valence-electron chi connectivity index (χ2n) is 6.20. The van der Waals surface area contributed by atoms with Gasteiger partial charge in [-0.15, -0.1) is 0 Å². The van der Waals surface area contributed by atoms with E-state index in [9.17, 15) is 27.6 Å². The predicted molar refractivity (Wildman–Crippen MR) is 103 cm³/mol. The van der Waals surface area contributed by atoms with E-state index in [1.807, 2.05) is 0 Å². The van der Waals surface area contributed by atoms with E-state index in [0.717, 1.165) is 19.5 Å². The van der Waals surface area contributed by atoms with Crippen molar-refractivity contribution in [2.75, 3.05) is 26.0 Å². The molecule has 156 valence electrons. The molecule has 11 nitrogen and oxygen atoms in total. The minimum atomic E-state index is -3.63. The third-order valence-corrected chi connectivity index (χ3v) is 5.83. The van der Waals surface area contributed by atoms with E-state index < -0.39 is 39.8 Å². The maximum Gasteiger partial charge on any atom is 0.338 e. The van der Waals surface area contributed by atoms with Crippen LogP contribution in [0.5, 0.6) is 0 Å². The number of aromatic nitrogens is 2. The number of amides is 1. The lowest BCUT2D eigenvalue weighted by Gasteiger charge is -2.12. The molecule has 0 bridgehead atoms. The van der Waals surface area contributed by atoms with Crippen molar-refractivity contribution in [2.45, 2.75) is 4.90 Å². The fourth-order valence-electron chi connectivity index (χ4n) is 2.22. The number of hydrogen-bond acceptors (Lipinski definition) is 7. The molecule has 1 heterocycles. The van der Waals surface area contributed by atoms with Gasteiger partial charge in [-0.2, -0.15) is 0 Å². The molecular weight excluding hydrogens is 404 g/mol. The lowest BCUT2D eigenvalue weighted by Crippen LogP contribution is -2.38. The normalized spacial score (nSPS) is 11.3. The molecule has 1 aromatic carbocycles. The van der Waals surface area contributed by atoms with Gasteiger partial charge in [0.1, 0.15) is 5.82 Å². The van der Waals surface area contributed by atoms with Crippen molar-refractivity contribution in [1.29, 1.82) is 0 Å². The Balaban J connectivity index is 2.03. The highest BCUT2D eigenvalue weighted by molar-refractivity contribution is 7.89. The van der Waals surface area contributed by atoms with Crippen LogP contribution in [0, 0.1) is 0 Å². The monoisotopic (exact) mass is 424 g/mol. The van der Waals surface area contributed by atoms with Gasteiger partial charge in [0.05, 0.1) is 10.5 Å². The summed E-state index contributed by atoms with van der Waals surface area (Å²) in [6.07, 6.45) is 0. The molecule has 0 fully saturated rings. The lowest BCUT2D eigenvalue weighted by atomic mass is 10.2. The third kappa shape index (κ3) is 4.78. The van der Waals surface area contributed by atoms with Crippen LogP contribution in [0.2, 0.25) is 0 Å². The highest BCUT2D eigenvalue weighted by Gasteiger charge is 2.18. The Morgan fingerprint density at radius 2 is 1.66 bits per heavy atom. The summed E-state index contributed by atoms with van der Waals surface area (Å²) in [5, 5.41) is 2.32. The Bertz CT molecular complexity index is 1160. The average Bonchev–Trinajstić information content (AvgIpc) is 2.68. The van der Waals surface area contributed by atoms with Crippen LogP contribution in [0.1, 0.15) is 10.4 Å². The van der Waals surface area contributed by atoms with Crippen LogP contribution in [0.4, 0.5) is 5.82 Å². The second-order valence-corrected chi connectivity index (χ2v) is 8.36. The number of carbonyl (C=O) groups excluding carboxylic acids is 2. The minimum absolute atomic E-state index is 0.00312. The Labute approximate surface area is 166 Å². The molecule has 0 aliphatic carbocycles. The van der Waals surface area contributed by atoms with Crippen molar-refractivity contribution in [2.24, 2.45) is 14.1 Å². The molecule has 1 aromatic heterocycles. The van der Waals surface area contributed by atoms with Gasteiger partial charge in [0.25, 0.3) is 11.5 Å². The van der Waals surface area contributed by atoms with Gasteiger partial charge in [-0.1, -0.05) is 0 Å². The number of sulfonamides is 1. The molecule has 0 atom stereocenters. The lowest BCUT2D eigenvalue weighted by molar-refractivity contribution is -0.119. The number of hydrogen-bond donors (Lipinski definition) is 1. The standard InChI is InChI=1S/C17H20N4O7S/c1-19(2)29(26,27)12-7-5-11(6-8-12)16(24)28-10-14(22)18-13-9-15(23)21(4)17(25)20(13)3/h5-9H,10H2,1-4H3,(H,18,22). The topological polar surface area (TPSA) is 137 Å². The van der Waals surface area contributed by atoms with Crippen LogP contribution in [-0.2, 0) is 33.7 Å². The number of nitrogens with one attached hydrogen (secondary N) is 1. The number of nitrogens with zero attached hydrogens (tertiary/aromatic N) is 3. The van der Waals surface area contributed by atoms with Gasteiger partial charge in [0.2, 0.25) is 10.0 Å². The van der Waals surface area contributed by atoms with Gasteiger partial charge in [-0.3, -0.25) is 18.7 Å². The highest BCUT2D eigenvalue weighted by atomic mass is 32.2. The van der Waals surface area contributed by atoms with Crippen LogP contribution < -0.4 is 16.6 Å². The summed E-state index contributed by atoms with van der Waals surface area (Å²) in [7, 11) is 1.80. The molecule has 0 saturated carbocycles. The van der Waals surface area contributed by atoms with E-state index in [-0.39, 0.29) is 16.3 Å². The Kier molecular flexibility index (Phi) is 6.39. The van der Waals surface area contributed by atoms with E-state index >= 15 is 0 Å². The fraction of sp³-hybridized carbons (Fsp3) is 0.294. The first-order valence-electron chi connectivity index (χ1n) is 8.21. The van der Waals surface area contributed by atoms with Gasteiger partial charge >= 0.3 is 11.7 Å². The summed E-state index contributed by atoms with van der Waals surface area (Å²) in [6, 6.07) is 6.09. The van der Waals surface area contributed by atoms with Crippen LogP contribution in [0.3, 0.4) is 0 Å². The second kappa shape index (κ2) is 8.41. The van der Waals surface area contributed by atoms with Crippen LogP contribution in [0.15, 0.2) is 44.8 Å². The zero-order chi connectivity index (χ0) is 21.9. The first-order valence-corrected chi connectivity index (χ1v) is 9.65. The van der Waals surface area contributed by atoms with Crippen molar-refractivity contribution >= 4 is 27.7 Å². The third-order valence-electron chi connectivity index (χ3n) is 4.00. The molecule has 0 unspecified atom stereocenters. The molecule has 2 rings (SSSR count). The average molecular weight is 424 g/mol. The van der Waals surface area contributed by atoms with E-state index in [1.165, 1.54) is 52.5 Å². The largest absolute Gasteiger partial charge is 0.452 e. The molecule has 2 aromatic rings. The molecule has 0 saturated heterocycles. The van der Waals surface area contributed by atoms with Crippen molar-refractivity contribution in [3.05, 3.63) is 56.7 Å². The van der Waals surface area contributed by atoms with Gasteiger partial charge in [0.15, 0.2) is 6.61 Å². The predicted octanol–water partition coefficient (Wildman–Crippen LogP) is -0.870. The first-order chi connectivity index (χ1) is 13.4. The van der Waals surface area contributed by atoms with Crippen molar-refractivity contribution in [3.8, 4) is 0 Å². The minimum Gasteiger partial charge on any atom is -0.452 e. The van der Waals surface area contributed by atoms with Gasteiger partial charge < -0.3 is 10.1 Å². The summed E-state index contributed by atoms with van der Waals surface area (Å²) in [5.74, 6) is -1.64. The van der Waals surface area contributed by atoms with Crippen molar-refractivity contribution in [1.82, 2.24) is 13.4 Å². The van der Waals surface area contributed by atoms with Crippen molar-refractivity contribution < 1.29 is 22.7 Å². The summed E-state index contributed by atoms with van der Waals surface area (Å²) in [6.45, 7) is -0.667. The van der Waals surface area contributed by atoms with E-state index in [0.29, 0.717) is 0 Å². The SMILES string of the molecule is CN(C)S(=O)(=O)c1ccc(C(=O)OCC(=O)Nc2cc(=O)n(C)c(=O)n2C)cc1. The van der Waals surface area contributed by atoms with Crippen molar-refractivity contribution in [3.63, 3.8) is 0 Å². The summed E-state index contributed by atoms with van der Waals surface area (Å²) in [4.78, 5) is 47.5. The summed E-state index contributed by atoms with van der Waals surface area (Å²) < 4.78 is 31.9. The smallest absolute Gasteiger partial charge is 0.338 e. The van der Waals surface area contributed by atoms with Gasteiger partial charge in [-0.05, 0) is 24.3 Å². The van der Waals surface area contributed by atoms with E-state index in [1.54, 1.807) is 0 Å². The summed E-state index contributed by atoms with van der Waals surface area (Å²) in [5.41, 5.74) is -1.18. The molecule has 0 aliphatic heterocycles. The Morgan fingerprint density at radius 3 is 2.21 bits per heavy atom. The fourth-order valence-corrected chi connectivity index (χ4v) is 3.12. The van der Waals surface area contributed by atoms with Crippen LogP contribution in [0.25, 0.3) is 0 Å². The molecule has 1 amide bonds. The number of esters is 1. The quantitative estimate of drug-likeness (QED) is 0.595. The van der Waals surface area contributed by atoms with Crippen LogP contribution >= 0.6 is 0 Å². The molecule has 29 heavy (non-hydrogen) atoms. The van der Waals surface area contributed by atoms with Crippen LogP contribution in [-0.4, -0.2) is 54.4 Å². The molecule has 0 aliphatic rings. The zero-order valence-corrected chi connectivity index (χ0v) is 17.0. The molecule has 12 heteroatoms. The Hall–Kier alpha value is -3.25. The number of carbonyl (C=O) groups is 2. The van der Waals surface area contributed by atoms with E-state index in [2.05, 4.69) is 5.32 Å². The number of rotatable bonds is 6. The number of anilines is 1. The zero-order valence-electron chi connectivity index (χ0n) is 16.2. The van der Waals surface area contributed by atoms with E-state index in [4.69, 9.17) is 4.74 Å². The number of ether oxygens (including phenoxy) is 1. The van der Waals surface area contributed by atoms with Gasteiger partial charge in [-0.25, -0.2) is 22.3 Å². The van der Waals surface area contributed by atoms with Gasteiger partial charge in [0, 0.05) is 34.3 Å².